The van der Waals surface area contributed by atoms with Crippen LogP contribution in [0.2, 0.25) is 0 Å². The van der Waals surface area contributed by atoms with Gasteiger partial charge >= 0.3 is 6.09 Å². The number of ether oxygens (including phenoxy) is 1. The molecule has 0 aromatic rings. The summed E-state index contributed by atoms with van der Waals surface area (Å²) in [5, 5.41) is 19.6. The predicted octanol–water partition coefficient (Wildman–Crippen LogP) is 0.386. The highest BCUT2D eigenvalue weighted by atomic mass is 16.6. The van der Waals surface area contributed by atoms with Crippen molar-refractivity contribution in [2.75, 3.05) is 0 Å². The van der Waals surface area contributed by atoms with Crippen LogP contribution in [0, 0.1) is 0 Å². The number of amides is 1. The molecule has 0 aliphatic heterocycles. The Hall–Kier alpha value is -0.810. The molecule has 0 fully saturated rings. The van der Waals surface area contributed by atoms with Crippen LogP contribution in [0.4, 0.5) is 4.79 Å². The van der Waals surface area contributed by atoms with Crippen molar-refractivity contribution in [1.82, 2.24) is 5.32 Å². The van der Waals surface area contributed by atoms with Gasteiger partial charge in [0.25, 0.3) is 0 Å². The van der Waals surface area contributed by atoms with Crippen molar-refractivity contribution in [3.63, 3.8) is 0 Å². The molecule has 0 rings (SSSR count). The maximum atomic E-state index is 10.1. The molecule has 0 saturated carbocycles. The third-order valence-electron chi connectivity index (χ3n) is 1.19. The van der Waals surface area contributed by atoms with E-state index in [-0.39, 0.29) is 6.10 Å². The first kappa shape index (κ1) is 11.2. The number of hydrogen-bond acceptors (Lipinski definition) is 3. The van der Waals surface area contributed by atoms with Gasteiger partial charge in [-0.25, -0.2) is 4.79 Å². The second-order valence-corrected chi connectivity index (χ2v) is 2.81. The third-order valence-corrected chi connectivity index (χ3v) is 1.19. The van der Waals surface area contributed by atoms with E-state index < -0.39 is 18.4 Å². The van der Waals surface area contributed by atoms with Crippen LogP contribution < -0.4 is 5.32 Å². The Labute approximate surface area is 71.3 Å². The van der Waals surface area contributed by atoms with Crippen molar-refractivity contribution in [2.24, 2.45) is 0 Å². The van der Waals surface area contributed by atoms with Crippen molar-refractivity contribution in [1.29, 1.82) is 0 Å². The van der Waals surface area contributed by atoms with Crippen molar-refractivity contribution in [3.05, 3.63) is 0 Å². The van der Waals surface area contributed by atoms with E-state index in [4.69, 9.17) is 9.84 Å². The maximum absolute atomic E-state index is 10.1. The lowest BCUT2D eigenvalue weighted by Crippen LogP contribution is -2.42. The summed E-state index contributed by atoms with van der Waals surface area (Å²) in [7, 11) is 0. The minimum atomic E-state index is -1.17. The number of carboxylic acid groups (broad SMARTS) is 1. The Morgan fingerprint density at radius 1 is 1.42 bits per heavy atom. The van der Waals surface area contributed by atoms with E-state index in [0.717, 1.165) is 0 Å². The van der Waals surface area contributed by atoms with E-state index in [0.29, 0.717) is 0 Å². The van der Waals surface area contributed by atoms with Gasteiger partial charge in [-0.15, -0.1) is 0 Å². The highest BCUT2D eigenvalue weighted by molar-refractivity contribution is 5.64. The fraction of sp³-hybridized carbons (Fsp3) is 0.857. The summed E-state index contributed by atoms with van der Waals surface area (Å²) in [5.74, 6) is 0. The summed E-state index contributed by atoms with van der Waals surface area (Å²) < 4.78 is 4.94. The van der Waals surface area contributed by atoms with Crippen LogP contribution in [0.5, 0.6) is 0 Å². The van der Waals surface area contributed by atoms with Crippen LogP contribution in [0.25, 0.3) is 0 Å². The van der Waals surface area contributed by atoms with Crippen LogP contribution >= 0.6 is 0 Å². The molecular weight excluding hydrogens is 162 g/mol. The van der Waals surface area contributed by atoms with Crippen molar-refractivity contribution >= 4 is 6.09 Å². The Balaban J connectivity index is 3.76. The number of nitrogens with one attached hydrogen (secondary N) is 1. The normalized spacial score (nSPS) is 15.8. The number of carbonyl (C=O) groups is 1. The number of aliphatic hydroxyl groups is 1. The zero-order chi connectivity index (χ0) is 9.72. The molecule has 2 unspecified atom stereocenters. The zero-order valence-corrected chi connectivity index (χ0v) is 7.44. The SMILES string of the molecule is CC(C)OC(O)C(C)NC(=O)O. The molecule has 0 aliphatic rings. The lowest BCUT2D eigenvalue weighted by Gasteiger charge is -2.20. The van der Waals surface area contributed by atoms with Crippen LogP contribution in [0.3, 0.4) is 0 Å². The Kier molecular flexibility index (Phi) is 4.61. The summed E-state index contributed by atoms with van der Waals surface area (Å²) in [5.41, 5.74) is 0. The number of aliphatic hydroxyl groups excluding tert-OH is 1. The molecule has 12 heavy (non-hydrogen) atoms. The Morgan fingerprint density at radius 2 is 1.92 bits per heavy atom. The average molecular weight is 177 g/mol. The predicted molar refractivity (Wildman–Crippen MR) is 42.9 cm³/mol. The lowest BCUT2D eigenvalue weighted by atomic mass is 10.3. The fourth-order valence-corrected chi connectivity index (χ4v) is 0.663. The molecule has 0 aliphatic carbocycles. The summed E-state index contributed by atoms with van der Waals surface area (Å²) in [4.78, 5) is 10.1. The summed E-state index contributed by atoms with van der Waals surface area (Å²) in [6.07, 6.45) is -2.40. The fourth-order valence-electron chi connectivity index (χ4n) is 0.663. The summed E-state index contributed by atoms with van der Waals surface area (Å²) >= 11 is 0. The molecule has 5 nitrogen and oxygen atoms in total. The van der Waals surface area contributed by atoms with E-state index in [9.17, 15) is 9.90 Å². The smallest absolute Gasteiger partial charge is 0.405 e. The Morgan fingerprint density at radius 3 is 2.25 bits per heavy atom. The van der Waals surface area contributed by atoms with Gasteiger partial charge < -0.3 is 20.3 Å². The molecule has 1 amide bonds. The first-order valence-corrected chi connectivity index (χ1v) is 3.76. The van der Waals surface area contributed by atoms with Crippen molar-refractivity contribution in [3.8, 4) is 0 Å². The molecule has 0 radical (unpaired) electrons. The first-order chi connectivity index (χ1) is 5.43. The molecule has 0 heterocycles. The zero-order valence-electron chi connectivity index (χ0n) is 7.44. The second-order valence-electron chi connectivity index (χ2n) is 2.81. The summed E-state index contributed by atoms with van der Waals surface area (Å²) in [6, 6.07) is -0.620. The van der Waals surface area contributed by atoms with Crippen LogP contribution in [-0.4, -0.2) is 34.7 Å². The van der Waals surface area contributed by atoms with Gasteiger partial charge in [0.2, 0.25) is 0 Å². The van der Waals surface area contributed by atoms with Gasteiger partial charge in [-0.3, -0.25) is 0 Å². The van der Waals surface area contributed by atoms with Crippen molar-refractivity contribution in [2.45, 2.75) is 39.2 Å². The monoisotopic (exact) mass is 177 g/mol. The summed E-state index contributed by atoms with van der Waals surface area (Å²) in [6.45, 7) is 5.05. The quantitative estimate of drug-likeness (QED) is 0.542. The molecule has 72 valence electrons. The van der Waals surface area contributed by atoms with Gasteiger partial charge in [-0.2, -0.15) is 0 Å². The second kappa shape index (κ2) is 4.95. The molecular formula is C7H15NO4. The van der Waals surface area contributed by atoms with E-state index >= 15 is 0 Å². The van der Waals surface area contributed by atoms with Gasteiger partial charge in [0.05, 0.1) is 12.1 Å². The minimum absolute atomic E-state index is 0.127. The maximum Gasteiger partial charge on any atom is 0.405 e. The lowest BCUT2D eigenvalue weighted by molar-refractivity contribution is -0.139. The van der Waals surface area contributed by atoms with E-state index in [1.807, 2.05) is 0 Å². The molecule has 5 heteroatoms. The van der Waals surface area contributed by atoms with E-state index in [1.54, 1.807) is 13.8 Å². The molecule has 0 aromatic heterocycles. The van der Waals surface area contributed by atoms with E-state index in [1.165, 1.54) is 6.92 Å². The molecule has 0 spiro atoms. The average Bonchev–Trinajstić information content (AvgIpc) is 1.84. The number of rotatable bonds is 4. The van der Waals surface area contributed by atoms with Crippen molar-refractivity contribution < 1.29 is 19.7 Å². The molecule has 3 N–H and O–H groups in total. The number of hydrogen-bond donors (Lipinski definition) is 3. The van der Waals surface area contributed by atoms with Gasteiger partial charge in [0.15, 0.2) is 6.29 Å². The molecule has 0 bridgehead atoms. The molecule has 2 atom stereocenters. The highest BCUT2D eigenvalue weighted by Gasteiger charge is 2.17. The topological polar surface area (TPSA) is 78.8 Å². The Bertz CT molecular complexity index is 148. The largest absolute Gasteiger partial charge is 0.465 e. The van der Waals surface area contributed by atoms with Gasteiger partial charge in [-0.05, 0) is 20.8 Å². The first-order valence-electron chi connectivity index (χ1n) is 3.76. The van der Waals surface area contributed by atoms with Crippen LogP contribution in [-0.2, 0) is 4.74 Å². The van der Waals surface area contributed by atoms with Gasteiger partial charge in [0, 0.05) is 0 Å². The van der Waals surface area contributed by atoms with Gasteiger partial charge in [-0.1, -0.05) is 0 Å². The van der Waals surface area contributed by atoms with Crippen LogP contribution in [0.1, 0.15) is 20.8 Å². The highest BCUT2D eigenvalue weighted by Crippen LogP contribution is 1.99. The van der Waals surface area contributed by atoms with Crippen LogP contribution in [0.15, 0.2) is 0 Å². The van der Waals surface area contributed by atoms with E-state index in [2.05, 4.69) is 5.32 Å². The molecule has 0 aromatic carbocycles. The van der Waals surface area contributed by atoms with Gasteiger partial charge in [0.1, 0.15) is 0 Å². The minimum Gasteiger partial charge on any atom is -0.465 e. The standard InChI is InChI=1S/C7H15NO4/c1-4(2)12-6(9)5(3)8-7(10)11/h4-6,8-9H,1-3H3,(H,10,11). The molecule has 0 saturated heterocycles. The third kappa shape index (κ3) is 4.92.